The van der Waals surface area contributed by atoms with Crippen molar-refractivity contribution in [3.8, 4) is 0 Å². The van der Waals surface area contributed by atoms with Crippen molar-refractivity contribution in [2.75, 3.05) is 0 Å². The van der Waals surface area contributed by atoms with Gasteiger partial charge in [0.15, 0.2) is 14.7 Å². The van der Waals surface area contributed by atoms with Crippen LogP contribution < -0.4 is 17.0 Å². The molecule has 0 aromatic heterocycles. The third kappa shape index (κ3) is 4.74. The highest BCUT2D eigenvalue weighted by molar-refractivity contribution is 7.97. The SMILES string of the molecule is CCCC(F)c1ccccc1[S+](c1ccccc1)c1ccccc1.[Br-]. The van der Waals surface area contributed by atoms with Gasteiger partial charge in [-0.3, -0.25) is 0 Å². The highest BCUT2D eigenvalue weighted by Gasteiger charge is 2.32. The maximum absolute atomic E-state index is 14.8. The van der Waals surface area contributed by atoms with E-state index in [1.807, 2.05) is 37.3 Å². The molecule has 0 bridgehead atoms. The first kappa shape index (κ1) is 19.7. The second-order valence-corrected chi connectivity index (χ2v) is 7.72. The zero-order valence-corrected chi connectivity index (χ0v) is 16.6. The Morgan fingerprint density at radius 1 is 0.760 bits per heavy atom. The van der Waals surface area contributed by atoms with Gasteiger partial charge >= 0.3 is 0 Å². The maximum Gasteiger partial charge on any atom is 0.172 e. The van der Waals surface area contributed by atoms with Gasteiger partial charge in [0, 0.05) is 5.56 Å². The molecule has 3 aromatic rings. The van der Waals surface area contributed by atoms with Crippen LogP contribution in [0.5, 0.6) is 0 Å². The smallest absolute Gasteiger partial charge is 0.172 e. The third-order valence-corrected chi connectivity index (χ3v) is 6.28. The van der Waals surface area contributed by atoms with Gasteiger partial charge in [0.1, 0.15) is 6.17 Å². The first-order valence-corrected chi connectivity index (χ1v) is 9.61. The van der Waals surface area contributed by atoms with Gasteiger partial charge in [0.05, 0.1) is 10.9 Å². The minimum absolute atomic E-state index is 0. The molecule has 1 unspecified atom stereocenters. The van der Waals surface area contributed by atoms with E-state index in [0.717, 1.165) is 16.9 Å². The zero-order chi connectivity index (χ0) is 16.8. The van der Waals surface area contributed by atoms with E-state index in [1.54, 1.807) is 0 Å². The number of halogens is 2. The first-order valence-electron chi connectivity index (χ1n) is 8.38. The van der Waals surface area contributed by atoms with Gasteiger partial charge < -0.3 is 17.0 Å². The van der Waals surface area contributed by atoms with Crippen LogP contribution in [0.4, 0.5) is 4.39 Å². The molecule has 3 heteroatoms. The van der Waals surface area contributed by atoms with Crippen LogP contribution in [0.15, 0.2) is 99.6 Å². The minimum atomic E-state index is -0.909. The summed E-state index contributed by atoms with van der Waals surface area (Å²) in [7, 11) is -0.290. The molecule has 0 aliphatic rings. The van der Waals surface area contributed by atoms with Gasteiger partial charge in [0.2, 0.25) is 0 Å². The number of alkyl halides is 1. The Hall–Kier alpha value is -1.58. The number of rotatable bonds is 6. The third-order valence-electron chi connectivity index (χ3n) is 3.98. The molecule has 25 heavy (non-hydrogen) atoms. The van der Waals surface area contributed by atoms with Crippen LogP contribution >= 0.6 is 0 Å². The minimum Gasteiger partial charge on any atom is -1.00 e. The molecule has 0 spiro atoms. The van der Waals surface area contributed by atoms with Gasteiger partial charge in [0.25, 0.3) is 0 Å². The van der Waals surface area contributed by atoms with E-state index in [1.165, 1.54) is 9.79 Å². The highest BCUT2D eigenvalue weighted by atomic mass is 79.9. The Kier molecular flexibility index (Phi) is 7.73. The Labute approximate surface area is 163 Å². The largest absolute Gasteiger partial charge is 1.00 e. The molecule has 0 radical (unpaired) electrons. The Bertz CT molecular complexity index is 722. The summed E-state index contributed by atoms with van der Waals surface area (Å²) in [6.07, 6.45) is 0.506. The molecule has 0 heterocycles. The second kappa shape index (κ2) is 9.79. The number of benzene rings is 3. The Morgan fingerprint density at radius 3 is 1.76 bits per heavy atom. The van der Waals surface area contributed by atoms with Crippen molar-refractivity contribution in [3.05, 3.63) is 90.5 Å². The average molecular weight is 417 g/mol. The Balaban J connectivity index is 0.00000225. The Morgan fingerprint density at radius 2 is 1.24 bits per heavy atom. The summed E-state index contributed by atoms with van der Waals surface area (Å²) in [4.78, 5) is 3.54. The molecule has 0 saturated heterocycles. The fourth-order valence-electron chi connectivity index (χ4n) is 2.84. The van der Waals surface area contributed by atoms with E-state index in [9.17, 15) is 4.39 Å². The molecule has 0 aliphatic carbocycles. The van der Waals surface area contributed by atoms with Gasteiger partial charge in [-0.05, 0) is 36.8 Å². The zero-order valence-electron chi connectivity index (χ0n) is 14.2. The van der Waals surface area contributed by atoms with E-state index >= 15 is 0 Å². The van der Waals surface area contributed by atoms with Crippen LogP contribution in [0.3, 0.4) is 0 Å². The quantitative estimate of drug-likeness (QED) is 0.538. The van der Waals surface area contributed by atoms with Crippen molar-refractivity contribution in [2.45, 2.75) is 40.6 Å². The molecule has 1 atom stereocenters. The molecule has 130 valence electrons. The van der Waals surface area contributed by atoms with Crippen molar-refractivity contribution in [2.24, 2.45) is 0 Å². The van der Waals surface area contributed by atoms with Gasteiger partial charge in [-0.1, -0.05) is 67.9 Å². The van der Waals surface area contributed by atoms with Crippen molar-refractivity contribution in [1.82, 2.24) is 0 Å². The first-order chi connectivity index (χ1) is 11.8. The monoisotopic (exact) mass is 416 g/mol. The summed E-state index contributed by atoms with van der Waals surface area (Å²) in [5.41, 5.74) is 0.829. The molecule has 3 aromatic carbocycles. The lowest BCUT2D eigenvalue weighted by molar-refractivity contribution is -0.00000564. The summed E-state index contributed by atoms with van der Waals surface area (Å²) in [5, 5.41) is 0. The lowest BCUT2D eigenvalue weighted by atomic mass is 10.1. The highest BCUT2D eigenvalue weighted by Crippen LogP contribution is 2.37. The van der Waals surface area contributed by atoms with E-state index in [0.29, 0.717) is 6.42 Å². The van der Waals surface area contributed by atoms with Crippen LogP contribution in [0.25, 0.3) is 0 Å². The van der Waals surface area contributed by atoms with Crippen LogP contribution in [-0.4, -0.2) is 0 Å². The standard InChI is InChI=1S/C22H22FS.BrH/c1-2-11-21(23)20-16-9-10-17-22(20)24(18-12-5-3-6-13-18)19-14-7-4-8-15-19;/h3-10,12-17,21H,2,11H2,1H3;1H/q+1;/p-1. The topological polar surface area (TPSA) is 0 Å². The summed E-state index contributed by atoms with van der Waals surface area (Å²) in [6.45, 7) is 2.03. The normalized spacial score (nSPS) is 11.8. The van der Waals surface area contributed by atoms with Crippen molar-refractivity contribution < 1.29 is 21.4 Å². The predicted octanol–water partition coefficient (Wildman–Crippen LogP) is 3.60. The van der Waals surface area contributed by atoms with Gasteiger partial charge in [-0.25, -0.2) is 4.39 Å². The summed E-state index contributed by atoms with van der Waals surface area (Å²) < 4.78 is 14.8. The van der Waals surface area contributed by atoms with E-state index in [4.69, 9.17) is 0 Å². The van der Waals surface area contributed by atoms with Gasteiger partial charge in [-0.15, -0.1) is 0 Å². The molecule has 3 rings (SSSR count). The van der Waals surface area contributed by atoms with Crippen LogP contribution in [0.2, 0.25) is 0 Å². The van der Waals surface area contributed by atoms with Crippen LogP contribution in [0, 0.1) is 0 Å². The predicted molar refractivity (Wildman–Crippen MR) is 100 cm³/mol. The van der Waals surface area contributed by atoms with Gasteiger partial charge in [-0.2, -0.15) is 0 Å². The lowest BCUT2D eigenvalue weighted by Gasteiger charge is -2.14. The van der Waals surface area contributed by atoms with Crippen molar-refractivity contribution in [1.29, 1.82) is 0 Å². The second-order valence-electron chi connectivity index (χ2n) is 5.73. The van der Waals surface area contributed by atoms with Crippen LogP contribution in [-0.2, 0) is 10.9 Å². The van der Waals surface area contributed by atoms with E-state index in [-0.39, 0.29) is 27.9 Å². The van der Waals surface area contributed by atoms with E-state index < -0.39 is 6.17 Å². The average Bonchev–Trinajstić information content (AvgIpc) is 2.64. The lowest BCUT2D eigenvalue weighted by Crippen LogP contribution is -3.00. The summed E-state index contributed by atoms with van der Waals surface area (Å²) in [6, 6.07) is 28.8. The number of hydrogen-bond acceptors (Lipinski definition) is 0. The summed E-state index contributed by atoms with van der Waals surface area (Å²) >= 11 is 0. The molecule has 0 fully saturated rings. The fraction of sp³-hybridized carbons (Fsp3) is 0.182. The van der Waals surface area contributed by atoms with Crippen molar-refractivity contribution in [3.63, 3.8) is 0 Å². The molecular weight excluding hydrogens is 395 g/mol. The molecule has 0 N–H and O–H groups in total. The van der Waals surface area contributed by atoms with Crippen LogP contribution in [0.1, 0.15) is 31.5 Å². The molecule has 0 saturated carbocycles. The maximum atomic E-state index is 14.8. The van der Waals surface area contributed by atoms with E-state index in [2.05, 4.69) is 54.6 Å². The van der Waals surface area contributed by atoms with Crippen molar-refractivity contribution >= 4 is 10.9 Å². The fourth-order valence-corrected chi connectivity index (χ4v) is 5.12. The molecule has 0 nitrogen and oxygen atoms in total. The molecular formula is C22H22BrFS. The number of hydrogen-bond donors (Lipinski definition) is 0. The molecule has 0 aliphatic heterocycles. The molecule has 0 amide bonds. The summed E-state index contributed by atoms with van der Waals surface area (Å²) in [5.74, 6) is 0.